The van der Waals surface area contributed by atoms with Crippen molar-refractivity contribution in [3.63, 3.8) is 0 Å². The third-order valence-electron chi connectivity index (χ3n) is 4.20. The Hall–Kier alpha value is -2.69. The number of ether oxygens (including phenoxy) is 2. The van der Waals surface area contributed by atoms with Crippen molar-refractivity contribution >= 4 is 17.7 Å². The van der Waals surface area contributed by atoms with Crippen LogP contribution in [-0.4, -0.2) is 24.9 Å². The van der Waals surface area contributed by atoms with Crippen LogP contribution < -0.4 is 19.9 Å². The number of nitrogens with two attached hydrogens (primary N) is 1. The van der Waals surface area contributed by atoms with Crippen molar-refractivity contribution in [2.45, 2.75) is 18.0 Å². The summed E-state index contributed by atoms with van der Waals surface area (Å²) in [7, 11) is 1.56. The number of quaternary nitrogens is 1. The van der Waals surface area contributed by atoms with Gasteiger partial charge in [0.15, 0.2) is 16.9 Å². The molecule has 1 aliphatic heterocycles. The zero-order chi connectivity index (χ0) is 18.5. The summed E-state index contributed by atoms with van der Waals surface area (Å²) in [5.74, 6) is 0.618. The number of nitriles is 1. The molecule has 1 heterocycles. The highest BCUT2D eigenvalue weighted by molar-refractivity contribution is 7.99. The molecule has 0 aliphatic carbocycles. The number of carboxylic acids is 1. The van der Waals surface area contributed by atoms with E-state index in [0.717, 1.165) is 11.1 Å². The standard InChI is InChI=1S/C19H18N2O4S/c1-24-17-8-12(18-21-15(11-26-18)19(22)23)6-7-16(17)25-10-14-5-3-2-4-13(14)9-20/h2-8,15,18,21H,10-11H2,1H3,(H,22,23)/t15-,18-/m0/s1. The smallest absolute Gasteiger partial charge is 0.161 e. The van der Waals surface area contributed by atoms with Gasteiger partial charge in [0.1, 0.15) is 18.6 Å². The maximum Gasteiger partial charge on any atom is 0.161 e. The van der Waals surface area contributed by atoms with Crippen molar-refractivity contribution in [3.8, 4) is 17.6 Å². The van der Waals surface area contributed by atoms with Crippen molar-refractivity contribution in [1.29, 1.82) is 5.26 Å². The Balaban J connectivity index is 1.73. The van der Waals surface area contributed by atoms with E-state index in [2.05, 4.69) is 6.07 Å². The lowest BCUT2D eigenvalue weighted by atomic mass is 10.1. The minimum atomic E-state index is -1.04. The lowest BCUT2D eigenvalue weighted by Gasteiger charge is -2.15. The monoisotopic (exact) mass is 370 g/mol. The van der Waals surface area contributed by atoms with E-state index in [1.54, 1.807) is 30.3 Å². The predicted octanol–water partition coefficient (Wildman–Crippen LogP) is 0.573. The molecule has 0 unspecified atom stereocenters. The lowest BCUT2D eigenvalue weighted by molar-refractivity contribution is -0.690. The molecule has 0 bridgehead atoms. The number of hydrogen-bond acceptors (Lipinski definition) is 6. The highest BCUT2D eigenvalue weighted by atomic mass is 32.2. The zero-order valence-corrected chi connectivity index (χ0v) is 15.0. The fraction of sp³-hybridized carbons (Fsp3) is 0.263. The summed E-state index contributed by atoms with van der Waals surface area (Å²) in [6.45, 7) is 0.260. The molecule has 0 amide bonds. The van der Waals surface area contributed by atoms with E-state index in [0.29, 0.717) is 22.8 Å². The molecule has 1 aliphatic rings. The summed E-state index contributed by atoms with van der Waals surface area (Å²) < 4.78 is 11.3. The highest BCUT2D eigenvalue weighted by Gasteiger charge is 2.31. The van der Waals surface area contributed by atoms with Gasteiger partial charge in [0.25, 0.3) is 0 Å². The van der Waals surface area contributed by atoms with Crippen LogP contribution in [0.2, 0.25) is 0 Å². The maximum atomic E-state index is 11.0. The largest absolute Gasteiger partial charge is 0.544 e. The second kappa shape index (κ2) is 8.13. The highest BCUT2D eigenvalue weighted by Crippen LogP contribution is 2.34. The number of benzene rings is 2. The van der Waals surface area contributed by atoms with E-state index in [1.807, 2.05) is 36.4 Å². The Morgan fingerprint density at radius 2 is 2.15 bits per heavy atom. The number of carbonyl (C=O) groups is 1. The number of rotatable bonds is 6. The first-order valence-corrected chi connectivity index (χ1v) is 9.13. The SMILES string of the molecule is COc1cc([C@H]2[NH2+][C@H](C(=O)[O-])CS2)ccc1OCc1ccccc1C#N. The van der Waals surface area contributed by atoms with Gasteiger partial charge in [-0.05, 0) is 24.3 Å². The van der Waals surface area contributed by atoms with Gasteiger partial charge in [0.05, 0.1) is 24.5 Å². The number of carbonyl (C=O) groups excluding carboxylic acids is 1. The fourth-order valence-electron chi connectivity index (χ4n) is 2.77. The van der Waals surface area contributed by atoms with E-state index >= 15 is 0 Å². The average molecular weight is 370 g/mol. The number of carboxylic acid groups (broad SMARTS) is 1. The average Bonchev–Trinajstić information content (AvgIpc) is 3.17. The lowest BCUT2D eigenvalue weighted by Crippen LogP contribution is -2.90. The topological polar surface area (TPSA) is 99.0 Å². The molecule has 3 rings (SSSR count). The summed E-state index contributed by atoms with van der Waals surface area (Å²) >= 11 is 1.56. The summed E-state index contributed by atoms with van der Waals surface area (Å²) in [4.78, 5) is 11.0. The van der Waals surface area contributed by atoms with Gasteiger partial charge in [0, 0.05) is 11.1 Å². The van der Waals surface area contributed by atoms with Crippen LogP contribution in [0.1, 0.15) is 22.1 Å². The summed E-state index contributed by atoms with van der Waals surface area (Å²) in [5, 5.41) is 21.9. The van der Waals surface area contributed by atoms with Gasteiger partial charge < -0.3 is 24.7 Å². The number of hydrogen-bond donors (Lipinski definition) is 1. The molecule has 6 nitrogen and oxygen atoms in total. The van der Waals surface area contributed by atoms with Gasteiger partial charge in [-0.1, -0.05) is 30.0 Å². The van der Waals surface area contributed by atoms with Gasteiger partial charge in [-0.3, -0.25) is 0 Å². The van der Waals surface area contributed by atoms with Gasteiger partial charge >= 0.3 is 0 Å². The second-order valence-electron chi connectivity index (χ2n) is 5.84. The number of methoxy groups -OCH3 is 1. The van der Waals surface area contributed by atoms with Crippen LogP contribution in [0.3, 0.4) is 0 Å². The van der Waals surface area contributed by atoms with E-state index < -0.39 is 12.0 Å². The first-order chi connectivity index (χ1) is 12.6. The molecule has 1 fully saturated rings. The maximum absolute atomic E-state index is 11.0. The van der Waals surface area contributed by atoms with Gasteiger partial charge in [-0.15, -0.1) is 0 Å². The Morgan fingerprint density at radius 3 is 2.85 bits per heavy atom. The first-order valence-electron chi connectivity index (χ1n) is 8.08. The molecule has 0 spiro atoms. The Labute approximate surface area is 155 Å². The molecule has 0 radical (unpaired) electrons. The van der Waals surface area contributed by atoms with E-state index in [4.69, 9.17) is 14.7 Å². The molecule has 2 aromatic carbocycles. The third kappa shape index (κ3) is 3.93. The molecule has 7 heteroatoms. The summed E-state index contributed by atoms with van der Waals surface area (Å²) in [5.41, 5.74) is 2.34. The molecule has 134 valence electrons. The molecule has 2 N–H and O–H groups in total. The Kier molecular flexibility index (Phi) is 5.66. The third-order valence-corrected chi connectivity index (χ3v) is 5.54. The van der Waals surface area contributed by atoms with Crippen LogP contribution in [0.15, 0.2) is 42.5 Å². The van der Waals surface area contributed by atoms with Gasteiger partial charge in [-0.2, -0.15) is 5.26 Å². The van der Waals surface area contributed by atoms with Crippen LogP contribution >= 0.6 is 11.8 Å². The molecule has 2 aromatic rings. The molecule has 26 heavy (non-hydrogen) atoms. The molecule has 0 aromatic heterocycles. The zero-order valence-electron chi connectivity index (χ0n) is 14.2. The minimum Gasteiger partial charge on any atom is -0.544 e. The van der Waals surface area contributed by atoms with E-state index in [-0.39, 0.29) is 12.0 Å². The molecule has 0 saturated carbocycles. The van der Waals surface area contributed by atoms with E-state index in [1.165, 1.54) is 0 Å². The number of thioether (sulfide) groups is 1. The Morgan fingerprint density at radius 1 is 1.35 bits per heavy atom. The molecular formula is C19H18N2O4S. The van der Waals surface area contributed by atoms with Crippen molar-refractivity contribution in [1.82, 2.24) is 0 Å². The Bertz CT molecular complexity index is 850. The van der Waals surface area contributed by atoms with E-state index in [9.17, 15) is 9.90 Å². The summed E-state index contributed by atoms with van der Waals surface area (Å²) in [6, 6.07) is 14.5. The number of nitrogens with zero attached hydrogens (tertiary/aromatic N) is 1. The quantitative estimate of drug-likeness (QED) is 0.798. The van der Waals surface area contributed by atoms with Crippen LogP contribution in [0.25, 0.3) is 0 Å². The van der Waals surface area contributed by atoms with Gasteiger partial charge in [0.2, 0.25) is 0 Å². The van der Waals surface area contributed by atoms with Crippen molar-refractivity contribution in [2.24, 2.45) is 0 Å². The van der Waals surface area contributed by atoms with Crippen molar-refractivity contribution < 1.29 is 24.7 Å². The van der Waals surface area contributed by atoms with Crippen LogP contribution in [0.5, 0.6) is 11.5 Å². The normalized spacial score (nSPS) is 18.9. The molecule has 2 atom stereocenters. The molecular weight excluding hydrogens is 352 g/mol. The van der Waals surface area contributed by atoms with Crippen LogP contribution in [0, 0.1) is 11.3 Å². The van der Waals surface area contributed by atoms with Crippen LogP contribution in [0.4, 0.5) is 0 Å². The van der Waals surface area contributed by atoms with Gasteiger partial charge in [-0.25, -0.2) is 0 Å². The first kappa shape index (κ1) is 18.1. The number of aliphatic carboxylic acids is 1. The van der Waals surface area contributed by atoms with Crippen LogP contribution in [-0.2, 0) is 11.4 Å². The second-order valence-corrected chi connectivity index (χ2v) is 7.01. The van der Waals surface area contributed by atoms with Crippen molar-refractivity contribution in [3.05, 3.63) is 59.2 Å². The molecule has 1 saturated heterocycles. The minimum absolute atomic E-state index is 0.0137. The summed E-state index contributed by atoms with van der Waals surface area (Å²) in [6.07, 6.45) is 0. The predicted molar refractivity (Wildman–Crippen MR) is 94.4 cm³/mol. The van der Waals surface area contributed by atoms with Crippen molar-refractivity contribution in [2.75, 3.05) is 12.9 Å². The fourth-order valence-corrected chi connectivity index (χ4v) is 4.08.